The quantitative estimate of drug-likeness (QED) is 0.679. The smallest absolute Gasteiger partial charge is 0.280 e. The fraction of sp³-hybridized carbons (Fsp3) is 0.263. The molecule has 0 unspecified atom stereocenters. The summed E-state index contributed by atoms with van der Waals surface area (Å²) in [5, 5.41) is 0.890. The van der Waals surface area contributed by atoms with Crippen LogP contribution in [0.1, 0.15) is 37.1 Å². The number of thiophene rings is 1. The average molecular weight is 383 g/mol. The van der Waals surface area contributed by atoms with Crippen LogP contribution in [0.5, 0.6) is 0 Å². The molecule has 0 atom stereocenters. The molecule has 0 saturated carbocycles. The van der Waals surface area contributed by atoms with E-state index in [1.165, 1.54) is 11.3 Å². The van der Waals surface area contributed by atoms with E-state index < -0.39 is 0 Å². The van der Waals surface area contributed by atoms with Crippen molar-refractivity contribution in [2.45, 2.75) is 20.8 Å². The Morgan fingerprint density at radius 3 is 2.44 bits per heavy atom. The second-order valence-corrected chi connectivity index (χ2v) is 7.44. The molecule has 27 heavy (non-hydrogen) atoms. The van der Waals surface area contributed by atoms with Crippen LogP contribution in [-0.4, -0.2) is 35.9 Å². The lowest BCUT2D eigenvalue weighted by atomic mass is 10.1. The Morgan fingerprint density at radius 2 is 1.74 bits per heavy atom. The molecule has 2 heterocycles. The first-order valence-electron chi connectivity index (χ1n) is 8.40. The minimum absolute atomic E-state index is 0.371. The van der Waals surface area contributed by atoms with Crippen LogP contribution in [0.3, 0.4) is 0 Å². The lowest BCUT2D eigenvalue weighted by Gasteiger charge is -2.13. The Hall–Kier alpha value is -3.00. The number of fused-ring (bicyclic) bond motifs is 1. The van der Waals surface area contributed by atoms with Crippen molar-refractivity contribution in [1.82, 2.24) is 20.8 Å². The monoisotopic (exact) mass is 383 g/mol. The third-order valence-corrected chi connectivity index (χ3v) is 5.39. The van der Waals surface area contributed by atoms with E-state index in [0.717, 1.165) is 27.2 Å². The van der Waals surface area contributed by atoms with Gasteiger partial charge in [-0.25, -0.2) is 9.97 Å². The van der Waals surface area contributed by atoms with Crippen molar-refractivity contribution in [2.75, 3.05) is 19.0 Å². The molecule has 2 amide bonds. The van der Waals surface area contributed by atoms with E-state index >= 15 is 0 Å². The van der Waals surface area contributed by atoms with Crippen molar-refractivity contribution in [3.63, 3.8) is 0 Å². The van der Waals surface area contributed by atoms with Gasteiger partial charge in [-0.1, -0.05) is 6.07 Å². The maximum absolute atomic E-state index is 12.6. The van der Waals surface area contributed by atoms with Crippen molar-refractivity contribution in [3.8, 4) is 0 Å². The van der Waals surface area contributed by atoms with E-state index in [0.29, 0.717) is 16.3 Å². The van der Waals surface area contributed by atoms with Gasteiger partial charge in [0.05, 0.1) is 4.88 Å². The van der Waals surface area contributed by atoms with Gasteiger partial charge in [0, 0.05) is 36.4 Å². The molecule has 0 aliphatic heterocycles. The van der Waals surface area contributed by atoms with Crippen LogP contribution in [0, 0.1) is 20.8 Å². The zero-order valence-electron chi connectivity index (χ0n) is 15.9. The number of amides is 2. The molecule has 3 aromatic rings. The number of carbonyl (C=O) groups is 2. The lowest BCUT2D eigenvalue weighted by Crippen LogP contribution is -2.41. The van der Waals surface area contributed by atoms with E-state index in [-0.39, 0.29) is 11.8 Å². The molecule has 3 rings (SSSR count). The number of hydrazine groups is 1. The number of rotatable bonds is 3. The number of carbonyl (C=O) groups excluding carboxylic acids is 2. The van der Waals surface area contributed by atoms with Gasteiger partial charge in [0.2, 0.25) is 0 Å². The number of hydrogen-bond donors (Lipinski definition) is 2. The number of hydrogen-bond acceptors (Lipinski definition) is 6. The van der Waals surface area contributed by atoms with Crippen LogP contribution in [0.15, 0.2) is 24.3 Å². The van der Waals surface area contributed by atoms with Gasteiger partial charge >= 0.3 is 0 Å². The molecule has 8 heteroatoms. The molecule has 2 aromatic heterocycles. The molecule has 0 saturated heterocycles. The normalized spacial score (nSPS) is 10.7. The number of anilines is 1. The summed E-state index contributed by atoms with van der Waals surface area (Å²) in [5.74, 6) is -0.0791. The summed E-state index contributed by atoms with van der Waals surface area (Å²) < 4.78 is 0. The van der Waals surface area contributed by atoms with Gasteiger partial charge in [0.25, 0.3) is 11.8 Å². The van der Waals surface area contributed by atoms with Gasteiger partial charge in [-0.3, -0.25) is 20.4 Å². The van der Waals surface area contributed by atoms with Crippen molar-refractivity contribution in [3.05, 3.63) is 51.8 Å². The zero-order chi connectivity index (χ0) is 19.7. The van der Waals surface area contributed by atoms with Crippen molar-refractivity contribution in [2.24, 2.45) is 0 Å². The van der Waals surface area contributed by atoms with Gasteiger partial charge in [0.15, 0.2) is 0 Å². The Morgan fingerprint density at radius 1 is 1.04 bits per heavy atom. The van der Waals surface area contributed by atoms with Gasteiger partial charge in [-0.15, -0.1) is 11.3 Å². The standard InChI is InChI=1S/C19H21N5O2S/c1-10-15-11(2)20-12(3)21-19(15)27-16(10)18(26)23-22-17(25)13-7-6-8-14(9-13)24(4)5/h6-9H,1-5H3,(H,22,25)(H,23,26). The highest BCUT2D eigenvalue weighted by molar-refractivity contribution is 7.20. The van der Waals surface area contributed by atoms with E-state index in [4.69, 9.17) is 0 Å². The number of nitrogens with zero attached hydrogens (tertiary/aromatic N) is 3. The molecule has 0 aliphatic rings. The number of benzene rings is 1. The van der Waals surface area contributed by atoms with E-state index in [2.05, 4.69) is 20.8 Å². The van der Waals surface area contributed by atoms with E-state index in [9.17, 15) is 9.59 Å². The van der Waals surface area contributed by atoms with Crippen LogP contribution >= 0.6 is 11.3 Å². The maximum atomic E-state index is 12.6. The van der Waals surface area contributed by atoms with Gasteiger partial charge in [0.1, 0.15) is 10.7 Å². The summed E-state index contributed by atoms with van der Waals surface area (Å²) in [7, 11) is 3.80. The fourth-order valence-corrected chi connectivity index (χ4v) is 4.03. The molecule has 2 N–H and O–H groups in total. The summed E-state index contributed by atoms with van der Waals surface area (Å²) in [4.78, 5) is 36.9. The SMILES string of the molecule is Cc1nc(C)c2c(C)c(C(=O)NNC(=O)c3cccc(N(C)C)c3)sc2n1. The number of aromatic nitrogens is 2. The third kappa shape index (κ3) is 3.75. The summed E-state index contributed by atoms with van der Waals surface area (Å²) in [5.41, 5.74) is 7.99. The van der Waals surface area contributed by atoms with Crippen molar-refractivity contribution >= 4 is 39.1 Å². The highest BCUT2D eigenvalue weighted by atomic mass is 32.1. The Balaban J connectivity index is 1.77. The first-order valence-corrected chi connectivity index (χ1v) is 9.22. The summed E-state index contributed by atoms with van der Waals surface area (Å²) >= 11 is 1.29. The zero-order valence-corrected chi connectivity index (χ0v) is 16.7. The molecule has 0 radical (unpaired) electrons. The van der Waals surface area contributed by atoms with E-state index in [1.807, 2.05) is 45.8 Å². The predicted molar refractivity (Wildman–Crippen MR) is 107 cm³/mol. The van der Waals surface area contributed by atoms with Gasteiger partial charge in [-0.2, -0.15) is 0 Å². The highest BCUT2D eigenvalue weighted by Crippen LogP contribution is 2.31. The van der Waals surface area contributed by atoms with Crippen molar-refractivity contribution < 1.29 is 9.59 Å². The fourth-order valence-electron chi connectivity index (χ4n) is 2.86. The third-order valence-electron chi connectivity index (χ3n) is 4.20. The van der Waals surface area contributed by atoms with Crippen LogP contribution < -0.4 is 15.8 Å². The topological polar surface area (TPSA) is 87.2 Å². The van der Waals surface area contributed by atoms with Crippen LogP contribution in [0.2, 0.25) is 0 Å². The Bertz CT molecular complexity index is 1040. The molecular formula is C19H21N5O2S. The molecule has 0 bridgehead atoms. The summed E-state index contributed by atoms with van der Waals surface area (Å²) in [6, 6.07) is 7.15. The average Bonchev–Trinajstić information content (AvgIpc) is 2.96. The number of aryl methyl sites for hydroxylation is 3. The second kappa shape index (κ2) is 7.32. The number of nitrogens with one attached hydrogen (secondary N) is 2. The van der Waals surface area contributed by atoms with Crippen molar-refractivity contribution in [1.29, 1.82) is 0 Å². The second-order valence-electron chi connectivity index (χ2n) is 6.45. The maximum Gasteiger partial charge on any atom is 0.280 e. The first-order chi connectivity index (χ1) is 12.8. The summed E-state index contributed by atoms with van der Waals surface area (Å²) in [6.07, 6.45) is 0. The van der Waals surface area contributed by atoms with Crippen LogP contribution in [-0.2, 0) is 0 Å². The molecule has 7 nitrogen and oxygen atoms in total. The molecule has 0 aliphatic carbocycles. The lowest BCUT2D eigenvalue weighted by molar-refractivity contribution is 0.0848. The highest BCUT2D eigenvalue weighted by Gasteiger charge is 2.19. The van der Waals surface area contributed by atoms with Gasteiger partial charge < -0.3 is 4.90 Å². The molecule has 0 spiro atoms. The molecule has 0 fully saturated rings. The van der Waals surface area contributed by atoms with Crippen LogP contribution in [0.4, 0.5) is 5.69 Å². The van der Waals surface area contributed by atoms with Gasteiger partial charge in [-0.05, 0) is 44.5 Å². The summed E-state index contributed by atoms with van der Waals surface area (Å²) in [6.45, 7) is 5.59. The first kappa shape index (κ1) is 18.8. The molecule has 140 valence electrons. The largest absolute Gasteiger partial charge is 0.378 e. The Labute approximate surface area is 161 Å². The minimum Gasteiger partial charge on any atom is -0.378 e. The Kier molecular flexibility index (Phi) is 5.09. The van der Waals surface area contributed by atoms with E-state index in [1.54, 1.807) is 18.2 Å². The van der Waals surface area contributed by atoms with Crippen LogP contribution in [0.25, 0.3) is 10.2 Å². The molecule has 1 aromatic carbocycles. The molecular weight excluding hydrogens is 362 g/mol. The predicted octanol–water partition coefficient (Wildman–Crippen LogP) is 2.76. The minimum atomic E-state index is -0.377.